The molecule has 0 radical (unpaired) electrons. The molecule has 0 saturated carbocycles. The van der Waals surface area contributed by atoms with Crippen molar-refractivity contribution in [2.45, 2.75) is 38.8 Å². The van der Waals surface area contributed by atoms with Gasteiger partial charge < -0.3 is 15.4 Å². The van der Waals surface area contributed by atoms with Gasteiger partial charge in [0.25, 0.3) is 0 Å². The van der Waals surface area contributed by atoms with E-state index in [1.54, 1.807) is 18.3 Å². The van der Waals surface area contributed by atoms with Crippen molar-refractivity contribution in [2.75, 3.05) is 23.7 Å². The molecular formula is C32H31ClN6O2. The predicted octanol–water partition coefficient (Wildman–Crippen LogP) is 6.35. The van der Waals surface area contributed by atoms with E-state index in [0.717, 1.165) is 18.8 Å². The van der Waals surface area contributed by atoms with Crippen LogP contribution < -0.4 is 15.4 Å². The second kappa shape index (κ2) is 12.4. The summed E-state index contributed by atoms with van der Waals surface area (Å²) in [6.07, 6.45) is 6.80. The van der Waals surface area contributed by atoms with Crippen LogP contribution in [0.2, 0.25) is 5.02 Å². The molecule has 1 aliphatic heterocycles. The number of fused-ring (bicyclic) bond motifs is 1. The summed E-state index contributed by atoms with van der Waals surface area (Å²) in [6.45, 7) is 10.2. The summed E-state index contributed by atoms with van der Waals surface area (Å²) < 4.78 is 5.84. The Bertz CT molecular complexity index is 1640. The van der Waals surface area contributed by atoms with Gasteiger partial charge in [0.1, 0.15) is 24.5 Å². The quantitative estimate of drug-likeness (QED) is 0.190. The molecule has 2 N–H and O–H groups in total. The van der Waals surface area contributed by atoms with Crippen molar-refractivity contribution in [1.29, 1.82) is 0 Å². The van der Waals surface area contributed by atoms with Crippen LogP contribution in [0.5, 0.6) is 5.75 Å². The molecule has 8 nitrogen and oxygen atoms in total. The van der Waals surface area contributed by atoms with Gasteiger partial charge in [-0.2, -0.15) is 0 Å². The Morgan fingerprint density at radius 3 is 2.71 bits per heavy atom. The predicted molar refractivity (Wildman–Crippen MR) is 163 cm³/mol. The van der Waals surface area contributed by atoms with E-state index in [9.17, 15) is 4.79 Å². The number of anilines is 3. The largest absolute Gasteiger partial charge is 0.486 e. The number of ether oxygens (including phenoxy) is 1. The Labute approximate surface area is 244 Å². The lowest BCUT2D eigenvalue weighted by molar-refractivity contribution is -0.111. The Morgan fingerprint density at radius 2 is 1.98 bits per heavy atom. The molecule has 2 aromatic heterocycles. The first-order valence-corrected chi connectivity index (χ1v) is 13.8. The minimum absolute atomic E-state index is 0.295. The number of pyridine rings is 1. The number of hydrogen-bond donors (Lipinski definition) is 2. The fraction of sp³-hybridized carbons (Fsp3) is 0.250. The molecule has 0 aliphatic carbocycles. The minimum Gasteiger partial charge on any atom is -0.486 e. The first kappa shape index (κ1) is 28.1. The lowest BCUT2D eigenvalue weighted by Gasteiger charge is -2.30. The summed E-state index contributed by atoms with van der Waals surface area (Å²) in [7, 11) is 0. The Balaban J connectivity index is 1.43. The highest BCUT2D eigenvalue weighted by molar-refractivity contribution is 6.32. The van der Waals surface area contributed by atoms with Crippen molar-refractivity contribution in [3.63, 3.8) is 0 Å². The third-order valence-electron chi connectivity index (χ3n) is 6.91. The topological polar surface area (TPSA) is 92.3 Å². The number of halogens is 1. The van der Waals surface area contributed by atoms with E-state index >= 15 is 0 Å². The van der Waals surface area contributed by atoms with Crippen LogP contribution in [0.25, 0.3) is 10.9 Å². The van der Waals surface area contributed by atoms with E-state index in [0.29, 0.717) is 51.0 Å². The second-order valence-corrected chi connectivity index (χ2v) is 10.6. The summed E-state index contributed by atoms with van der Waals surface area (Å²) in [5, 5.41) is 7.37. The molecule has 0 spiro atoms. The van der Waals surface area contributed by atoms with Crippen LogP contribution in [0.4, 0.5) is 17.2 Å². The van der Waals surface area contributed by atoms with Crippen LogP contribution >= 0.6 is 11.6 Å². The third-order valence-corrected chi connectivity index (χ3v) is 7.21. The number of aromatic nitrogens is 3. The second-order valence-electron chi connectivity index (χ2n) is 10.2. The van der Waals surface area contributed by atoms with Crippen molar-refractivity contribution in [3.05, 3.63) is 90.0 Å². The molecule has 4 aromatic rings. The SMILES string of the molecule is C=CC(=O)Nc1cc2c(Nc3ccc(OCc4ccccn4)c(Cl)c3)ncnc2cc1C#CC(C)(C)N1CCCC1. The number of hydrogen-bond acceptors (Lipinski definition) is 7. The fourth-order valence-electron chi connectivity index (χ4n) is 4.64. The summed E-state index contributed by atoms with van der Waals surface area (Å²) in [5.41, 5.74) is 3.14. The molecule has 1 amide bonds. The minimum atomic E-state index is -0.328. The van der Waals surface area contributed by atoms with Crippen LogP contribution in [0.15, 0.2) is 73.7 Å². The molecule has 41 heavy (non-hydrogen) atoms. The zero-order chi connectivity index (χ0) is 28.8. The van der Waals surface area contributed by atoms with Gasteiger partial charge in [-0.15, -0.1) is 0 Å². The molecule has 0 bridgehead atoms. The first-order valence-electron chi connectivity index (χ1n) is 13.4. The fourth-order valence-corrected chi connectivity index (χ4v) is 4.87. The van der Waals surface area contributed by atoms with Crippen molar-refractivity contribution < 1.29 is 9.53 Å². The number of carbonyl (C=O) groups excluding carboxylic acids is 1. The van der Waals surface area contributed by atoms with Crippen LogP contribution in [0.1, 0.15) is 37.9 Å². The number of benzene rings is 2. The molecule has 208 valence electrons. The van der Waals surface area contributed by atoms with Crippen LogP contribution in [0.3, 0.4) is 0 Å². The number of likely N-dealkylation sites (tertiary alicyclic amines) is 1. The molecule has 5 rings (SSSR count). The normalized spacial score (nSPS) is 13.3. The van der Waals surface area contributed by atoms with E-state index < -0.39 is 0 Å². The highest BCUT2D eigenvalue weighted by atomic mass is 35.5. The maximum absolute atomic E-state index is 12.3. The van der Waals surface area contributed by atoms with Crippen LogP contribution in [-0.2, 0) is 11.4 Å². The maximum atomic E-state index is 12.3. The third kappa shape index (κ3) is 6.83. The maximum Gasteiger partial charge on any atom is 0.247 e. The Morgan fingerprint density at radius 1 is 1.15 bits per heavy atom. The van der Waals surface area contributed by atoms with Gasteiger partial charge >= 0.3 is 0 Å². The van der Waals surface area contributed by atoms with Gasteiger partial charge in [-0.1, -0.05) is 36.1 Å². The van der Waals surface area contributed by atoms with Crippen molar-refractivity contribution >= 4 is 45.6 Å². The Hall–Kier alpha value is -4.45. The number of nitrogens with one attached hydrogen (secondary N) is 2. The monoisotopic (exact) mass is 566 g/mol. The number of amides is 1. The summed E-state index contributed by atoms with van der Waals surface area (Å²) in [5.74, 6) is 7.48. The zero-order valence-electron chi connectivity index (χ0n) is 23.1. The average molecular weight is 567 g/mol. The van der Waals surface area contributed by atoms with Gasteiger partial charge in [-0.05, 0) is 88.3 Å². The van der Waals surface area contributed by atoms with Gasteiger partial charge in [0.15, 0.2) is 0 Å². The highest BCUT2D eigenvalue weighted by Gasteiger charge is 2.27. The van der Waals surface area contributed by atoms with E-state index in [1.807, 2.05) is 36.4 Å². The van der Waals surface area contributed by atoms with Gasteiger partial charge in [0.2, 0.25) is 5.91 Å². The summed E-state index contributed by atoms with van der Waals surface area (Å²) in [4.78, 5) is 27.9. The van der Waals surface area contributed by atoms with E-state index in [-0.39, 0.29) is 11.4 Å². The average Bonchev–Trinajstić information content (AvgIpc) is 3.53. The van der Waals surface area contributed by atoms with Gasteiger partial charge in [0.05, 0.1) is 33.0 Å². The van der Waals surface area contributed by atoms with Gasteiger partial charge in [-0.3, -0.25) is 14.7 Å². The van der Waals surface area contributed by atoms with Crippen molar-refractivity contribution in [2.24, 2.45) is 0 Å². The lowest BCUT2D eigenvalue weighted by atomic mass is 10.0. The molecule has 1 saturated heterocycles. The molecule has 1 aliphatic rings. The molecule has 1 fully saturated rings. The molecule has 9 heteroatoms. The smallest absolute Gasteiger partial charge is 0.247 e. The van der Waals surface area contributed by atoms with E-state index in [4.69, 9.17) is 16.3 Å². The first-order chi connectivity index (χ1) is 19.8. The number of nitrogens with zero attached hydrogens (tertiary/aromatic N) is 4. The summed E-state index contributed by atoms with van der Waals surface area (Å²) in [6, 6.07) is 14.8. The van der Waals surface area contributed by atoms with Crippen LogP contribution in [0, 0.1) is 11.8 Å². The molecule has 3 heterocycles. The van der Waals surface area contributed by atoms with E-state index in [1.165, 1.54) is 25.2 Å². The van der Waals surface area contributed by atoms with Crippen molar-refractivity contribution in [1.82, 2.24) is 19.9 Å². The standard InChI is InChI=1S/C32H31ClN6O2/c1-4-30(40)38-27-19-25-28(17-22(27)12-13-32(2,3)39-15-7-8-16-39)35-21-36-31(25)37-23-10-11-29(26(33)18-23)41-20-24-9-5-6-14-34-24/h4-6,9-11,14,17-19,21H,1,7-8,15-16,20H2,2-3H3,(H,38,40)(H,35,36,37). The molecule has 0 unspecified atom stereocenters. The van der Waals surface area contributed by atoms with Crippen molar-refractivity contribution in [3.8, 4) is 17.6 Å². The molecule has 0 atom stereocenters. The van der Waals surface area contributed by atoms with Crippen LogP contribution in [-0.4, -0.2) is 44.4 Å². The molecule has 2 aromatic carbocycles. The highest BCUT2D eigenvalue weighted by Crippen LogP contribution is 2.32. The number of carbonyl (C=O) groups is 1. The Kier molecular flexibility index (Phi) is 8.48. The zero-order valence-corrected chi connectivity index (χ0v) is 23.8. The van der Waals surface area contributed by atoms with E-state index in [2.05, 4.69) is 62.8 Å². The van der Waals surface area contributed by atoms with Gasteiger partial charge in [0, 0.05) is 17.3 Å². The summed E-state index contributed by atoms with van der Waals surface area (Å²) >= 11 is 6.52. The lowest BCUT2D eigenvalue weighted by Crippen LogP contribution is -2.40. The van der Waals surface area contributed by atoms with Gasteiger partial charge in [-0.25, -0.2) is 9.97 Å². The number of rotatable bonds is 8. The molecular weight excluding hydrogens is 536 g/mol.